The Morgan fingerprint density at radius 1 is 1.08 bits per heavy atom. The molecular weight excluding hydrogens is 160 g/mol. The van der Waals surface area contributed by atoms with E-state index in [1.165, 1.54) is 0 Å². The molecular formula is C11H18Si. The summed E-state index contributed by atoms with van der Waals surface area (Å²) in [6, 6.07) is 0. The predicted octanol–water partition coefficient (Wildman–Crippen LogP) is 3.06. The highest BCUT2D eigenvalue weighted by Gasteiger charge is 2.06. The second kappa shape index (κ2) is 5.92. The first-order chi connectivity index (χ1) is 5.56. The van der Waals surface area contributed by atoms with Crippen LogP contribution in [0.15, 0.2) is 0 Å². The van der Waals surface area contributed by atoms with Crippen molar-refractivity contribution < 1.29 is 0 Å². The van der Waals surface area contributed by atoms with Crippen molar-refractivity contribution in [3.05, 3.63) is 0 Å². The fraction of sp³-hybridized carbons (Fsp3) is 0.636. The second-order valence-corrected chi connectivity index (χ2v) is 8.71. The summed E-state index contributed by atoms with van der Waals surface area (Å²) in [7, 11) is -1.13. The van der Waals surface area contributed by atoms with Crippen LogP contribution in [0.5, 0.6) is 0 Å². The number of unbranched alkanes of at least 4 members (excludes halogenated alkanes) is 3. The van der Waals surface area contributed by atoms with Gasteiger partial charge in [0.15, 0.2) is 0 Å². The van der Waals surface area contributed by atoms with E-state index in [0.717, 1.165) is 25.7 Å². The largest absolute Gasteiger partial charge is 0.132 e. The molecule has 0 amide bonds. The third-order valence-electron chi connectivity index (χ3n) is 1.34. The summed E-state index contributed by atoms with van der Waals surface area (Å²) in [5.41, 5.74) is 3.34. The summed E-state index contributed by atoms with van der Waals surface area (Å²) in [5, 5.41) is 0. The monoisotopic (exact) mass is 178 g/mol. The minimum atomic E-state index is -1.13. The maximum Gasteiger partial charge on any atom is 0.129 e. The molecule has 0 aliphatic rings. The van der Waals surface area contributed by atoms with E-state index in [2.05, 4.69) is 37.0 Å². The van der Waals surface area contributed by atoms with Gasteiger partial charge in [0.1, 0.15) is 8.07 Å². The van der Waals surface area contributed by atoms with Crippen LogP contribution in [0, 0.1) is 23.8 Å². The average Bonchev–Trinajstić information content (AvgIpc) is 1.94. The van der Waals surface area contributed by atoms with E-state index >= 15 is 0 Å². The molecule has 0 atom stereocenters. The van der Waals surface area contributed by atoms with E-state index in [1.54, 1.807) is 0 Å². The standard InChI is InChI=1S/C11H18Si/c1-5-6-7-8-9-10-11-12(2,3)4/h1H,6-9H2,2-4H3. The van der Waals surface area contributed by atoms with E-state index < -0.39 is 8.07 Å². The Morgan fingerprint density at radius 2 is 1.67 bits per heavy atom. The van der Waals surface area contributed by atoms with Gasteiger partial charge in [0.2, 0.25) is 0 Å². The molecule has 0 radical (unpaired) electrons. The summed E-state index contributed by atoms with van der Waals surface area (Å²) in [6.45, 7) is 6.80. The van der Waals surface area contributed by atoms with Gasteiger partial charge < -0.3 is 0 Å². The SMILES string of the molecule is C#CCCCCC#C[Si](C)(C)C. The van der Waals surface area contributed by atoms with Crippen molar-refractivity contribution >= 4 is 8.07 Å². The molecule has 0 aliphatic carbocycles. The van der Waals surface area contributed by atoms with Crippen LogP contribution >= 0.6 is 0 Å². The number of hydrogen-bond donors (Lipinski definition) is 0. The quantitative estimate of drug-likeness (QED) is 0.354. The van der Waals surface area contributed by atoms with Crippen LogP contribution in [0.4, 0.5) is 0 Å². The molecule has 0 saturated carbocycles. The normalized spacial score (nSPS) is 9.83. The molecule has 0 aliphatic heterocycles. The van der Waals surface area contributed by atoms with Gasteiger partial charge in [0.05, 0.1) is 0 Å². The summed E-state index contributed by atoms with van der Waals surface area (Å²) in [5.74, 6) is 5.86. The summed E-state index contributed by atoms with van der Waals surface area (Å²) < 4.78 is 0. The molecule has 1 heteroatoms. The van der Waals surface area contributed by atoms with Crippen molar-refractivity contribution in [1.82, 2.24) is 0 Å². The van der Waals surface area contributed by atoms with Gasteiger partial charge >= 0.3 is 0 Å². The first-order valence-corrected chi connectivity index (χ1v) is 8.00. The summed E-state index contributed by atoms with van der Waals surface area (Å²) in [4.78, 5) is 0. The van der Waals surface area contributed by atoms with Crippen LogP contribution in [-0.2, 0) is 0 Å². The van der Waals surface area contributed by atoms with E-state index in [9.17, 15) is 0 Å². The Balaban J connectivity index is 3.42. The first kappa shape index (κ1) is 11.3. The Bertz CT molecular complexity index is 204. The second-order valence-electron chi connectivity index (χ2n) is 3.96. The minimum absolute atomic E-state index is 0.897. The maximum atomic E-state index is 5.13. The third kappa shape index (κ3) is 9.34. The number of rotatable bonds is 3. The molecule has 0 heterocycles. The molecule has 0 rings (SSSR count). The molecule has 0 aromatic rings. The predicted molar refractivity (Wildman–Crippen MR) is 58.4 cm³/mol. The zero-order chi connectivity index (χ0) is 9.45. The van der Waals surface area contributed by atoms with Gasteiger partial charge in [-0.15, -0.1) is 23.8 Å². The fourth-order valence-corrected chi connectivity index (χ4v) is 1.42. The lowest BCUT2D eigenvalue weighted by Crippen LogP contribution is -2.16. The minimum Gasteiger partial charge on any atom is -0.132 e. The van der Waals surface area contributed by atoms with Crippen molar-refractivity contribution in [1.29, 1.82) is 0 Å². The first-order valence-electron chi connectivity index (χ1n) is 4.50. The van der Waals surface area contributed by atoms with Crippen molar-refractivity contribution in [2.75, 3.05) is 0 Å². The zero-order valence-corrected chi connectivity index (χ0v) is 9.41. The maximum absolute atomic E-state index is 5.13. The van der Waals surface area contributed by atoms with E-state index in [1.807, 2.05) is 0 Å². The molecule has 0 aromatic carbocycles. The molecule has 0 unspecified atom stereocenters. The van der Waals surface area contributed by atoms with Gasteiger partial charge in [-0.25, -0.2) is 0 Å². The lowest BCUT2D eigenvalue weighted by molar-refractivity contribution is 0.783. The summed E-state index contributed by atoms with van der Waals surface area (Å²) in [6.07, 6.45) is 9.33. The van der Waals surface area contributed by atoms with Crippen LogP contribution in [0.2, 0.25) is 19.6 Å². The van der Waals surface area contributed by atoms with Crippen LogP contribution in [-0.4, -0.2) is 8.07 Å². The van der Waals surface area contributed by atoms with Gasteiger partial charge in [-0.05, 0) is 12.8 Å². The molecule has 0 aromatic heterocycles. The molecule has 12 heavy (non-hydrogen) atoms. The molecule has 0 bridgehead atoms. The Morgan fingerprint density at radius 3 is 2.17 bits per heavy atom. The van der Waals surface area contributed by atoms with Crippen LogP contribution in [0.3, 0.4) is 0 Å². The Hall–Kier alpha value is -0.663. The smallest absolute Gasteiger partial charge is 0.129 e. The third-order valence-corrected chi connectivity index (χ3v) is 2.26. The van der Waals surface area contributed by atoms with Gasteiger partial charge in [0.25, 0.3) is 0 Å². The van der Waals surface area contributed by atoms with Gasteiger partial charge in [-0.3, -0.25) is 0 Å². The van der Waals surface area contributed by atoms with Crippen LogP contribution in [0.25, 0.3) is 0 Å². The lowest BCUT2D eigenvalue weighted by Gasteiger charge is -2.02. The van der Waals surface area contributed by atoms with Crippen molar-refractivity contribution in [3.63, 3.8) is 0 Å². The topological polar surface area (TPSA) is 0 Å². The van der Waals surface area contributed by atoms with E-state index in [0.29, 0.717) is 0 Å². The highest BCUT2D eigenvalue weighted by molar-refractivity contribution is 6.83. The van der Waals surface area contributed by atoms with Gasteiger partial charge in [-0.2, -0.15) is 0 Å². The van der Waals surface area contributed by atoms with Gasteiger partial charge in [0, 0.05) is 12.8 Å². The van der Waals surface area contributed by atoms with E-state index in [-0.39, 0.29) is 0 Å². The molecule has 0 saturated heterocycles. The molecule has 0 fully saturated rings. The fourth-order valence-electron chi connectivity index (χ4n) is 0.768. The number of hydrogen-bond acceptors (Lipinski definition) is 0. The lowest BCUT2D eigenvalue weighted by atomic mass is 10.2. The molecule has 0 spiro atoms. The summed E-state index contributed by atoms with van der Waals surface area (Å²) >= 11 is 0. The van der Waals surface area contributed by atoms with Crippen molar-refractivity contribution in [2.45, 2.75) is 45.3 Å². The average molecular weight is 178 g/mol. The number of terminal acetylenes is 1. The zero-order valence-electron chi connectivity index (χ0n) is 8.41. The Kier molecular flexibility index (Phi) is 5.59. The van der Waals surface area contributed by atoms with Crippen LogP contribution in [0.1, 0.15) is 25.7 Å². The molecule has 0 N–H and O–H groups in total. The van der Waals surface area contributed by atoms with Crippen LogP contribution < -0.4 is 0 Å². The highest BCUT2D eigenvalue weighted by Crippen LogP contribution is 2.00. The molecule has 66 valence electrons. The molecule has 0 nitrogen and oxygen atoms in total. The highest BCUT2D eigenvalue weighted by atomic mass is 28.3. The van der Waals surface area contributed by atoms with E-state index in [4.69, 9.17) is 6.42 Å². The Labute approximate surface area is 77.8 Å². The van der Waals surface area contributed by atoms with Crippen molar-refractivity contribution in [2.24, 2.45) is 0 Å². The van der Waals surface area contributed by atoms with Gasteiger partial charge in [-0.1, -0.05) is 19.6 Å². The van der Waals surface area contributed by atoms with Crippen molar-refractivity contribution in [3.8, 4) is 23.8 Å².